The van der Waals surface area contributed by atoms with Crippen molar-refractivity contribution in [2.24, 2.45) is 0 Å². The van der Waals surface area contributed by atoms with E-state index in [4.69, 9.17) is 14.2 Å². The maximum absolute atomic E-state index is 11.3. The molecule has 2 aromatic carbocycles. The van der Waals surface area contributed by atoms with Gasteiger partial charge in [-0.2, -0.15) is 4.98 Å². The van der Waals surface area contributed by atoms with Crippen LogP contribution in [-0.4, -0.2) is 22.3 Å². The van der Waals surface area contributed by atoms with E-state index in [9.17, 15) is 4.79 Å². The first-order valence-corrected chi connectivity index (χ1v) is 11.0. The molecule has 2 heterocycles. The van der Waals surface area contributed by atoms with E-state index in [1.807, 2.05) is 28.8 Å². The molecule has 1 aliphatic heterocycles. The average Bonchev–Trinajstić information content (AvgIpc) is 3.22. The van der Waals surface area contributed by atoms with Crippen LogP contribution in [0.1, 0.15) is 43.6 Å². The Morgan fingerprint density at radius 3 is 2.32 bits per heavy atom. The van der Waals surface area contributed by atoms with Gasteiger partial charge in [0.15, 0.2) is 6.10 Å². The Kier molecular flexibility index (Phi) is 5.61. The van der Waals surface area contributed by atoms with Crippen molar-refractivity contribution in [1.29, 1.82) is 0 Å². The molecule has 5 rings (SSSR count). The van der Waals surface area contributed by atoms with Crippen molar-refractivity contribution in [2.45, 2.75) is 50.7 Å². The molecule has 1 fully saturated rings. The van der Waals surface area contributed by atoms with Crippen molar-refractivity contribution in [3.8, 4) is 23.3 Å². The molecule has 1 aromatic heterocycles. The first kappa shape index (κ1) is 19.7. The van der Waals surface area contributed by atoms with Gasteiger partial charge in [-0.05, 0) is 60.7 Å². The Balaban J connectivity index is 1.13. The number of hydrogen-bond donors (Lipinski definition) is 0. The van der Waals surface area contributed by atoms with Crippen LogP contribution in [0.15, 0.2) is 65.6 Å². The Bertz CT molecular complexity index is 1070. The van der Waals surface area contributed by atoms with Crippen LogP contribution < -0.4 is 19.8 Å². The highest BCUT2D eigenvalue weighted by molar-refractivity contribution is 5.37. The number of fused-ring (bicyclic) bond motifs is 1. The second-order valence-electron chi connectivity index (χ2n) is 8.23. The highest BCUT2D eigenvalue weighted by Crippen LogP contribution is 2.34. The van der Waals surface area contributed by atoms with Crippen LogP contribution in [0.3, 0.4) is 0 Å². The molecule has 0 saturated heterocycles. The molecule has 0 radical (unpaired) electrons. The molecule has 31 heavy (non-hydrogen) atoms. The van der Waals surface area contributed by atoms with E-state index < -0.39 is 0 Å². The summed E-state index contributed by atoms with van der Waals surface area (Å²) in [5, 5.41) is 0. The SMILES string of the molecule is O=c1ccn2c(n1)OC(COc1ccc(Oc3ccc(C4CCCCC4)cc3)cc1)C2. The minimum absolute atomic E-state index is 0.173. The summed E-state index contributed by atoms with van der Waals surface area (Å²) in [5.41, 5.74) is 1.12. The van der Waals surface area contributed by atoms with Gasteiger partial charge < -0.3 is 14.2 Å². The molecule has 160 valence electrons. The third kappa shape index (κ3) is 4.74. The fraction of sp³-hybridized carbons (Fsp3) is 0.360. The molecule has 2 aliphatic rings. The van der Waals surface area contributed by atoms with Crippen LogP contribution in [0.4, 0.5) is 0 Å². The second kappa shape index (κ2) is 8.84. The van der Waals surface area contributed by atoms with Crippen LogP contribution in [0.2, 0.25) is 0 Å². The maximum atomic E-state index is 11.3. The minimum Gasteiger partial charge on any atom is -0.490 e. The molecule has 6 nitrogen and oxygen atoms in total. The molecule has 0 bridgehead atoms. The van der Waals surface area contributed by atoms with Gasteiger partial charge in [0.05, 0.1) is 6.54 Å². The van der Waals surface area contributed by atoms with E-state index in [-0.39, 0.29) is 11.7 Å². The van der Waals surface area contributed by atoms with Gasteiger partial charge in [-0.15, -0.1) is 0 Å². The van der Waals surface area contributed by atoms with E-state index in [2.05, 4.69) is 29.2 Å². The summed E-state index contributed by atoms with van der Waals surface area (Å²) in [7, 11) is 0. The Morgan fingerprint density at radius 1 is 0.903 bits per heavy atom. The van der Waals surface area contributed by atoms with Crippen LogP contribution in [-0.2, 0) is 6.54 Å². The van der Waals surface area contributed by atoms with Crippen LogP contribution in [0.25, 0.3) is 0 Å². The summed E-state index contributed by atoms with van der Waals surface area (Å²) in [5.74, 6) is 3.05. The van der Waals surface area contributed by atoms with Gasteiger partial charge in [0.2, 0.25) is 0 Å². The standard InChI is InChI=1S/C25H26N2O4/c28-24-14-15-27-16-23(31-25(27)26-24)17-29-20-10-12-22(13-11-20)30-21-8-6-19(7-9-21)18-4-2-1-3-5-18/h6-15,18,23H,1-5,16-17H2. The molecular weight excluding hydrogens is 392 g/mol. The molecule has 3 aromatic rings. The monoisotopic (exact) mass is 418 g/mol. The lowest BCUT2D eigenvalue weighted by atomic mass is 9.84. The zero-order chi connectivity index (χ0) is 21.0. The summed E-state index contributed by atoms with van der Waals surface area (Å²) in [6.07, 6.45) is 8.17. The number of hydrogen-bond acceptors (Lipinski definition) is 5. The highest BCUT2D eigenvalue weighted by Gasteiger charge is 2.23. The van der Waals surface area contributed by atoms with Crippen molar-refractivity contribution < 1.29 is 14.2 Å². The fourth-order valence-electron chi connectivity index (χ4n) is 4.31. The average molecular weight is 418 g/mol. The summed E-state index contributed by atoms with van der Waals surface area (Å²) in [6.45, 7) is 0.987. The van der Waals surface area contributed by atoms with Crippen molar-refractivity contribution in [2.75, 3.05) is 6.61 Å². The zero-order valence-corrected chi connectivity index (χ0v) is 17.4. The molecule has 1 atom stereocenters. The summed E-state index contributed by atoms with van der Waals surface area (Å²) in [4.78, 5) is 15.2. The van der Waals surface area contributed by atoms with Gasteiger partial charge in [-0.1, -0.05) is 31.4 Å². The molecular formula is C25H26N2O4. The van der Waals surface area contributed by atoms with E-state index in [1.165, 1.54) is 43.7 Å². The Hall–Kier alpha value is -3.28. The van der Waals surface area contributed by atoms with Gasteiger partial charge in [0, 0.05) is 12.3 Å². The topological polar surface area (TPSA) is 62.6 Å². The molecule has 0 amide bonds. The number of benzene rings is 2. The van der Waals surface area contributed by atoms with Gasteiger partial charge >= 0.3 is 0 Å². The third-order valence-electron chi connectivity index (χ3n) is 5.97. The number of nitrogens with zero attached hydrogens (tertiary/aromatic N) is 2. The largest absolute Gasteiger partial charge is 0.490 e. The lowest BCUT2D eigenvalue weighted by molar-refractivity contribution is 0.143. The van der Waals surface area contributed by atoms with Crippen LogP contribution in [0, 0.1) is 0 Å². The van der Waals surface area contributed by atoms with Crippen molar-refractivity contribution >= 4 is 0 Å². The summed E-state index contributed by atoms with van der Waals surface area (Å²) >= 11 is 0. The minimum atomic E-state index is -0.299. The van der Waals surface area contributed by atoms with Crippen molar-refractivity contribution in [3.63, 3.8) is 0 Å². The Morgan fingerprint density at radius 2 is 1.58 bits per heavy atom. The van der Waals surface area contributed by atoms with Gasteiger partial charge in [-0.25, -0.2) is 0 Å². The zero-order valence-electron chi connectivity index (χ0n) is 17.4. The highest BCUT2D eigenvalue weighted by atomic mass is 16.6. The summed E-state index contributed by atoms with van der Waals surface area (Å²) < 4.78 is 19.3. The molecule has 1 unspecified atom stereocenters. The van der Waals surface area contributed by atoms with Crippen LogP contribution >= 0.6 is 0 Å². The van der Waals surface area contributed by atoms with E-state index in [1.54, 1.807) is 6.20 Å². The van der Waals surface area contributed by atoms with Crippen molar-refractivity contribution in [3.05, 3.63) is 76.7 Å². The predicted octanol–water partition coefficient (Wildman–Crippen LogP) is 4.92. The Labute approximate surface area is 181 Å². The quantitative estimate of drug-likeness (QED) is 0.568. The molecule has 1 aliphatic carbocycles. The first-order valence-electron chi connectivity index (χ1n) is 11.0. The van der Waals surface area contributed by atoms with E-state index in [0.717, 1.165) is 17.2 Å². The fourth-order valence-corrected chi connectivity index (χ4v) is 4.31. The smallest absolute Gasteiger partial charge is 0.300 e. The maximum Gasteiger partial charge on any atom is 0.300 e. The lowest BCUT2D eigenvalue weighted by Gasteiger charge is -2.22. The van der Waals surface area contributed by atoms with Gasteiger partial charge in [0.25, 0.3) is 11.6 Å². The normalized spacial score (nSPS) is 18.3. The van der Waals surface area contributed by atoms with E-state index >= 15 is 0 Å². The van der Waals surface area contributed by atoms with Gasteiger partial charge in [-0.3, -0.25) is 9.36 Å². The van der Waals surface area contributed by atoms with E-state index in [0.29, 0.717) is 25.1 Å². The van der Waals surface area contributed by atoms with Crippen molar-refractivity contribution in [1.82, 2.24) is 9.55 Å². The van der Waals surface area contributed by atoms with Crippen LogP contribution in [0.5, 0.6) is 23.3 Å². The lowest BCUT2D eigenvalue weighted by Crippen LogP contribution is -2.23. The molecule has 0 spiro atoms. The summed E-state index contributed by atoms with van der Waals surface area (Å²) in [6, 6.07) is 17.9. The predicted molar refractivity (Wildman–Crippen MR) is 117 cm³/mol. The number of aromatic nitrogens is 2. The second-order valence-corrected chi connectivity index (χ2v) is 8.23. The number of rotatable bonds is 6. The molecule has 6 heteroatoms. The molecule has 0 N–H and O–H groups in total. The number of ether oxygens (including phenoxy) is 3. The molecule has 1 saturated carbocycles. The van der Waals surface area contributed by atoms with Gasteiger partial charge in [0.1, 0.15) is 23.9 Å². The third-order valence-corrected chi connectivity index (χ3v) is 5.97. The first-order chi connectivity index (χ1) is 15.2.